The lowest BCUT2D eigenvalue weighted by Gasteiger charge is -2.18. The van der Waals surface area contributed by atoms with Crippen LogP contribution in [0.3, 0.4) is 0 Å². The van der Waals surface area contributed by atoms with Crippen LogP contribution in [0.1, 0.15) is 18.4 Å². The predicted molar refractivity (Wildman–Crippen MR) is 56.9 cm³/mol. The van der Waals surface area contributed by atoms with Gasteiger partial charge >= 0.3 is 0 Å². The standard InChI is InChI=1S/C11H15F2NO2/c1-6(5-14)9-10(15-2)7(12)4-8(13)11(9)16-3/h4,6H,5,14H2,1-3H3. The third kappa shape index (κ3) is 2.09. The molecule has 2 N–H and O–H groups in total. The van der Waals surface area contributed by atoms with E-state index in [0.717, 1.165) is 6.07 Å². The summed E-state index contributed by atoms with van der Waals surface area (Å²) in [5, 5.41) is 0. The first-order chi connectivity index (χ1) is 7.56. The van der Waals surface area contributed by atoms with Gasteiger partial charge in [0.1, 0.15) is 0 Å². The molecule has 0 radical (unpaired) electrons. The van der Waals surface area contributed by atoms with Crippen LogP contribution in [0.25, 0.3) is 0 Å². The van der Waals surface area contributed by atoms with Crippen molar-refractivity contribution >= 4 is 0 Å². The lowest BCUT2D eigenvalue weighted by Crippen LogP contribution is -2.13. The Bertz CT molecular complexity index is 354. The van der Waals surface area contributed by atoms with Gasteiger partial charge in [-0.1, -0.05) is 6.92 Å². The number of rotatable bonds is 4. The van der Waals surface area contributed by atoms with E-state index in [4.69, 9.17) is 15.2 Å². The number of methoxy groups -OCH3 is 2. The average Bonchev–Trinajstić information content (AvgIpc) is 2.27. The zero-order chi connectivity index (χ0) is 12.3. The van der Waals surface area contributed by atoms with Gasteiger partial charge in [-0.05, 0) is 6.54 Å². The highest BCUT2D eigenvalue weighted by Crippen LogP contribution is 2.38. The van der Waals surface area contributed by atoms with Crippen LogP contribution in [0.5, 0.6) is 11.5 Å². The van der Waals surface area contributed by atoms with Crippen molar-refractivity contribution in [2.24, 2.45) is 5.73 Å². The first-order valence-corrected chi connectivity index (χ1v) is 4.86. The van der Waals surface area contributed by atoms with Crippen LogP contribution >= 0.6 is 0 Å². The van der Waals surface area contributed by atoms with E-state index in [9.17, 15) is 8.78 Å². The van der Waals surface area contributed by atoms with Crippen molar-refractivity contribution in [1.29, 1.82) is 0 Å². The van der Waals surface area contributed by atoms with Crippen LogP contribution in [-0.2, 0) is 0 Å². The van der Waals surface area contributed by atoms with Crippen LogP contribution < -0.4 is 15.2 Å². The van der Waals surface area contributed by atoms with Gasteiger partial charge in [-0.25, -0.2) is 8.78 Å². The van der Waals surface area contributed by atoms with Crippen molar-refractivity contribution in [3.63, 3.8) is 0 Å². The minimum atomic E-state index is -0.754. The second kappa shape index (κ2) is 5.12. The molecule has 0 saturated carbocycles. The first kappa shape index (κ1) is 12.7. The summed E-state index contributed by atoms with van der Waals surface area (Å²) >= 11 is 0. The normalized spacial score (nSPS) is 12.4. The molecule has 0 aliphatic heterocycles. The molecule has 3 nitrogen and oxygen atoms in total. The Morgan fingerprint density at radius 2 is 1.62 bits per heavy atom. The first-order valence-electron chi connectivity index (χ1n) is 4.86. The number of benzene rings is 1. The van der Waals surface area contributed by atoms with Crippen molar-refractivity contribution in [2.45, 2.75) is 12.8 Å². The smallest absolute Gasteiger partial charge is 0.168 e. The van der Waals surface area contributed by atoms with E-state index in [1.807, 2.05) is 0 Å². The molecule has 0 aromatic heterocycles. The van der Waals surface area contributed by atoms with E-state index in [2.05, 4.69) is 0 Å². The molecule has 0 amide bonds. The van der Waals surface area contributed by atoms with Crippen molar-refractivity contribution in [3.8, 4) is 11.5 Å². The van der Waals surface area contributed by atoms with Gasteiger partial charge in [0.25, 0.3) is 0 Å². The molecule has 90 valence electrons. The second-order valence-corrected chi connectivity index (χ2v) is 3.46. The van der Waals surface area contributed by atoms with Crippen LogP contribution in [0.2, 0.25) is 0 Å². The quantitative estimate of drug-likeness (QED) is 0.862. The molecule has 0 bridgehead atoms. The number of hydrogen-bond donors (Lipinski definition) is 1. The van der Waals surface area contributed by atoms with Crippen molar-refractivity contribution < 1.29 is 18.3 Å². The minimum absolute atomic E-state index is 0.0174. The fourth-order valence-corrected chi connectivity index (χ4v) is 1.58. The third-order valence-electron chi connectivity index (χ3n) is 2.43. The summed E-state index contributed by atoms with van der Waals surface area (Å²) in [5.41, 5.74) is 5.82. The van der Waals surface area contributed by atoms with E-state index >= 15 is 0 Å². The monoisotopic (exact) mass is 231 g/mol. The molecule has 1 aromatic rings. The Kier molecular flexibility index (Phi) is 4.06. The predicted octanol–water partition coefficient (Wildman–Crippen LogP) is 2.04. The molecule has 16 heavy (non-hydrogen) atoms. The van der Waals surface area contributed by atoms with E-state index in [1.54, 1.807) is 6.92 Å². The molecule has 1 unspecified atom stereocenters. The zero-order valence-corrected chi connectivity index (χ0v) is 9.51. The van der Waals surface area contributed by atoms with Crippen LogP contribution in [0.4, 0.5) is 8.78 Å². The molecule has 1 aromatic carbocycles. The molecular weight excluding hydrogens is 216 g/mol. The Hall–Kier alpha value is -1.36. The highest BCUT2D eigenvalue weighted by atomic mass is 19.1. The molecule has 0 aliphatic carbocycles. The van der Waals surface area contributed by atoms with E-state index in [1.165, 1.54) is 14.2 Å². The van der Waals surface area contributed by atoms with Gasteiger partial charge in [0, 0.05) is 17.5 Å². The summed E-state index contributed by atoms with van der Waals surface area (Å²) in [6.45, 7) is 1.99. The molecule has 0 spiro atoms. The lowest BCUT2D eigenvalue weighted by molar-refractivity contribution is 0.345. The van der Waals surface area contributed by atoms with E-state index in [0.29, 0.717) is 5.56 Å². The number of nitrogens with two attached hydrogens (primary N) is 1. The van der Waals surface area contributed by atoms with Gasteiger partial charge < -0.3 is 15.2 Å². The lowest BCUT2D eigenvalue weighted by atomic mass is 9.98. The molecule has 0 heterocycles. The summed E-state index contributed by atoms with van der Waals surface area (Å²) < 4.78 is 36.8. The summed E-state index contributed by atoms with van der Waals surface area (Å²) in [4.78, 5) is 0. The van der Waals surface area contributed by atoms with Gasteiger partial charge in [0.15, 0.2) is 23.1 Å². The highest BCUT2D eigenvalue weighted by Gasteiger charge is 2.23. The Morgan fingerprint density at radius 3 is 1.94 bits per heavy atom. The van der Waals surface area contributed by atoms with Crippen LogP contribution in [-0.4, -0.2) is 20.8 Å². The van der Waals surface area contributed by atoms with Crippen LogP contribution in [0.15, 0.2) is 6.07 Å². The molecule has 1 atom stereocenters. The SMILES string of the molecule is COc1c(F)cc(F)c(OC)c1C(C)CN. The Morgan fingerprint density at radius 1 is 1.19 bits per heavy atom. The largest absolute Gasteiger partial charge is 0.493 e. The maximum Gasteiger partial charge on any atom is 0.168 e. The van der Waals surface area contributed by atoms with Crippen LogP contribution in [0, 0.1) is 11.6 Å². The van der Waals surface area contributed by atoms with Gasteiger partial charge in [0.2, 0.25) is 0 Å². The Labute approximate surface area is 93.2 Å². The van der Waals surface area contributed by atoms with Crippen molar-refractivity contribution in [2.75, 3.05) is 20.8 Å². The molecule has 0 saturated heterocycles. The number of ether oxygens (including phenoxy) is 2. The fraction of sp³-hybridized carbons (Fsp3) is 0.455. The topological polar surface area (TPSA) is 44.5 Å². The summed E-state index contributed by atoms with van der Waals surface area (Å²) in [5.74, 6) is -1.80. The third-order valence-corrected chi connectivity index (χ3v) is 2.43. The summed E-state index contributed by atoms with van der Waals surface area (Å²) in [6.07, 6.45) is 0. The van der Waals surface area contributed by atoms with Gasteiger partial charge in [0.05, 0.1) is 14.2 Å². The van der Waals surface area contributed by atoms with Gasteiger partial charge in [-0.2, -0.15) is 0 Å². The fourth-order valence-electron chi connectivity index (χ4n) is 1.58. The average molecular weight is 231 g/mol. The summed E-state index contributed by atoms with van der Waals surface area (Å²) in [7, 11) is 2.64. The maximum absolute atomic E-state index is 13.5. The maximum atomic E-state index is 13.5. The highest BCUT2D eigenvalue weighted by molar-refractivity contribution is 5.49. The molecule has 0 aliphatic rings. The number of hydrogen-bond acceptors (Lipinski definition) is 3. The van der Waals surface area contributed by atoms with Gasteiger partial charge in [-0.15, -0.1) is 0 Å². The molecular formula is C11H15F2NO2. The van der Waals surface area contributed by atoms with Crippen molar-refractivity contribution in [1.82, 2.24) is 0 Å². The molecule has 0 fully saturated rings. The van der Waals surface area contributed by atoms with Crippen molar-refractivity contribution in [3.05, 3.63) is 23.3 Å². The summed E-state index contributed by atoms with van der Waals surface area (Å²) in [6, 6.07) is 0.740. The molecule has 5 heteroatoms. The van der Waals surface area contributed by atoms with E-state index in [-0.39, 0.29) is 24.0 Å². The minimum Gasteiger partial charge on any atom is -0.493 e. The molecule has 1 rings (SSSR count). The van der Waals surface area contributed by atoms with Gasteiger partial charge in [-0.3, -0.25) is 0 Å². The number of halogens is 2. The zero-order valence-electron chi connectivity index (χ0n) is 9.51. The second-order valence-electron chi connectivity index (χ2n) is 3.46. The van der Waals surface area contributed by atoms with E-state index < -0.39 is 11.6 Å². The Balaban J connectivity index is 3.48.